The molecule has 2 aromatic heterocycles. The van der Waals surface area contributed by atoms with Crippen LogP contribution in [0.15, 0.2) is 41.9 Å². The van der Waals surface area contributed by atoms with Crippen LogP contribution in [0, 0.1) is 0 Å². The lowest BCUT2D eigenvalue weighted by atomic mass is 10.1. The number of amides is 1. The fraction of sp³-hybridized carbons (Fsp3) is 0. The van der Waals surface area contributed by atoms with E-state index in [0.717, 1.165) is 32.4 Å². The van der Waals surface area contributed by atoms with Crippen LogP contribution in [-0.4, -0.2) is 21.1 Å². The van der Waals surface area contributed by atoms with Crippen molar-refractivity contribution in [3.8, 4) is 11.3 Å². The van der Waals surface area contributed by atoms with Gasteiger partial charge in [-0.3, -0.25) is 9.89 Å². The smallest absolute Gasteiger partial charge is 0.248 e. The average molecular weight is 294 g/mol. The number of nitrogens with one attached hydrogen (secondary N) is 1. The minimum atomic E-state index is -0.443. The second-order valence-electron chi connectivity index (χ2n) is 4.73. The zero-order chi connectivity index (χ0) is 14.4. The largest absolute Gasteiger partial charge is 0.366 e. The summed E-state index contributed by atoms with van der Waals surface area (Å²) in [6.45, 7) is 0. The van der Waals surface area contributed by atoms with Gasteiger partial charge >= 0.3 is 0 Å². The topological polar surface area (TPSA) is 84.7 Å². The van der Waals surface area contributed by atoms with E-state index >= 15 is 0 Å². The van der Waals surface area contributed by atoms with Crippen LogP contribution in [0.5, 0.6) is 0 Å². The van der Waals surface area contributed by atoms with E-state index in [2.05, 4.69) is 21.2 Å². The van der Waals surface area contributed by atoms with Crippen molar-refractivity contribution in [1.29, 1.82) is 0 Å². The van der Waals surface area contributed by atoms with Crippen LogP contribution in [0.1, 0.15) is 10.4 Å². The Labute approximate surface area is 123 Å². The van der Waals surface area contributed by atoms with Gasteiger partial charge in [0.1, 0.15) is 0 Å². The summed E-state index contributed by atoms with van der Waals surface area (Å²) in [4.78, 5) is 15.6. The highest BCUT2D eigenvalue weighted by molar-refractivity contribution is 7.16. The molecule has 0 aliphatic heterocycles. The second-order valence-corrected chi connectivity index (χ2v) is 5.62. The number of nitrogens with two attached hydrogens (primary N) is 1. The molecule has 0 spiro atoms. The lowest BCUT2D eigenvalue weighted by molar-refractivity contribution is 0.100. The number of rotatable bonds is 2. The summed E-state index contributed by atoms with van der Waals surface area (Å²) in [5, 5.41) is 8.23. The maximum atomic E-state index is 11.3. The molecule has 0 unspecified atom stereocenters. The Balaban J connectivity index is 1.96. The summed E-state index contributed by atoms with van der Waals surface area (Å²) in [6, 6.07) is 11.3. The first kappa shape index (κ1) is 12.0. The fourth-order valence-corrected chi connectivity index (χ4v) is 3.11. The molecule has 0 fully saturated rings. The van der Waals surface area contributed by atoms with Crippen molar-refractivity contribution in [2.45, 2.75) is 0 Å². The van der Waals surface area contributed by atoms with E-state index in [1.807, 2.05) is 23.7 Å². The van der Waals surface area contributed by atoms with E-state index in [0.29, 0.717) is 5.56 Å². The van der Waals surface area contributed by atoms with E-state index in [-0.39, 0.29) is 0 Å². The van der Waals surface area contributed by atoms with Crippen molar-refractivity contribution in [1.82, 2.24) is 15.2 Å². The van der Waals surface area contributed by atoms with Gasteiger partial charge in [-0.15, -0.1) is 11.3 Å². The van der Waals surface area contributed by atoms with E-state index in [1.165, 1.54) is 0 Å². The Hall–Kier alpha value is -2.73. The number of carbonyl (C=O) groups excluding carboxylic acids is 1. The van der Waals surface area contributed by atoms with Gasteiger partial charge in [0.15, 0.2) is 0 Å². The SMILES string of the molecule is NC(=O)c1ccc2[nH]nc(-c3ccc4ncsc4c3)c2c1. The van der Waals surface area contributed by atoms with Gasteiger partial charge < -0.3 is 5.73 Å². The predicted octanol–water partition coefficient (Wildman–Crippen LogP) is 2.94. The molecule has 0 atom stereocenters. The number of thiazole rings is 1. The highest BCUT2D eigenvalue weighted by Gasteiger charge is 2.11. The molecule has 0 saturated heterocycles. The van der Waals surface area contributed by atoms with Gasteiger partial charge in [-0.25, -0.2) is 4.98 Å². The number of primary amides is 1. The Morgan fingerprint density at radius 2 is 2.10 bits per heavy atom. The molecule has 0 saturated carbocycles. The number of fused-ring (bicyclic) bond motifs is 2. The molecule has 3 N–H and O–H groups in total. The maximum absolute atomic E-state index is 11.3. The van der Waals surface area contributed by atoms with Crippen LogP contribution in [0.25, 0.3) is 32.4 Å². The molecule has 0 radical (unpaired) electrons. The number of H-pyrrole nitrogens is 1. The molecule has 4 aromatic rings. The Kier molecular flexibility index (Phi) is 2.52. The van der Waals surface area contributed by atoms with Crippen molar-refractivity contribution in [2.24, 2.45) is 5.73 Å². The Morgan fingerprint density at radius 3 is 2.95 bits per heavy atom. The van der Waals surface area contributed by atoms with Crippen LogP contribution >= 0.6 is 11.3 Å². The van der Waals surface area contributed by atoms with Crippen molar-refractivity contribution in [2.75, 3.05) is 0 Å². The monoisotopic (exact) mass is 294 g/mol. The van der Waals surface area contributed by atoms with Crippen LogP contribution < -0.4 is 5.73 Å². The average Bonchev–Trinajstić information content (AvgIpc) is 3.12. The summed E-state index contributed by atoms with van der Waals surface area (Å²) < 4.78 is 1.11. The molecule has 5 nitrogen and oxygen atoms in total. The first-order valence-corrected chi connectivity index (χ1v) is 7.22. The predicted molar refractivity (Wildman–Crippen MR) is 83.2 cm³/mol. The molecule has 1 amide bonds. The molecule has 0 aliphatic carbocycles. The molecule has 21 heavy (non-hydrogen) atoms. The summed E-state index contributed by atoms with van der Waals surface area (Å²) >= 11 is 1.59. The summed E-state index contributed by atoms with van der Waals surface area (Å²) in [7, 11) is 0. The molecule has 0 bridgehead atoms. The summed E-state index contributed by atoms with van der Waals surface area (Å²) in [5.41, 5.74) is 11.3. The van der Waals surface area contributed by atoms with Crippen molar-refractivity contribution in [3.05, 3.63) is 47.5 Å². The molecule has 2 heterocycles. The molecular weight excluding hydrogens is 284 g/mol. The molecule has 2 aromatic carbocycles. The zero-order valence-electron chi connectivity index (χ0n) is 10.8. The lowest BCUT2D eigenvalue weighted by Crippen LogP contribution is -2.10. The van der Waals surface area contributed by atoms with Crippen LogP contribution in [0.2, 0.25) is 0 Å². The Bertz CT molecular complexity index is 986. The van der Waals surface area contributed by atoms with Gasteiger partial charge in [0.05, 0.1) is 26.9 Å². The fourth-order valence-electron chi connectivity index (χ4n) is 2.39. The zero-order valence-corrected chi connectivity index (χ0v) is 11.6. The third-order valence-electron chi connectivity index (χ3n) is 3.45. The van der Waals surface area contributed by atoms with Crippen molar-refractivity contribution >= 4 is 38.4 Å². The number of aromatic nitrogens is 3. The number of hydrogen-bond donors (Lipinski definition) is 2. The molecule has 4 rings (SSSR count). The highest BCUT2D eigenvalue weighted by atomic mass is 32.1. The first-order chi connectivity index (χ1) is 10.2. The number of benzene rings is 2. The van der Waals surface area contributed by atoms with E-state index in [9.17, 15) is 4.79 Å². The van der Waals surface area contributed by atoms with Gasteiger partial charge in [0.25, 0.3) is 0 Å². The third kappa shape index (κ3) is 1.88. The number of aromatic amines is 1. The normalized spacial score (nSPS) is 11.2. The number of hydrogen-bond acceptors (Lipinski definition) is 4. The minimum Gasteiger partial charge on any atom is -0.366 e. The van der Waals surface area contributed by atoms with Crippen LogP contribution in [0.4, 0.5) is 0 Å². The molecular formula is C15H10N4OS. The van der Waals surface area contributed by atoms with Gasteiger partial charge in [-0.2, -0.15) is 5.10 Å². The summed E-state index contributed by atoms with van der Waals surface area (Å²) in [5.74, 6) is -0.443. The number of carbonyl (C=O) groups is 1. The van der Waals surface area contributed by atoms with Crippen molar-refractivity contribution < 1.29 is 4.79 Å². The minimum absolute atomic E-state index is 0.443. The molecule has 6 heteroatoms. The summed E-state index contributed by atoms with van der Waals surface area (Å²) in [6.07, 6.45) is 0. The lowest BCUT2D eigenvalue weighted by Gasteiger charge is -2.00. The van der Waals surface area contributed by atoms with Crippen LogP contribution in [-0.2, 0) is 0 Å². The Morgan fingerprint density at radius 1 is 1.19 bits per heavy atom. The van der Waals surface area contributed by atoms with Gasteiger partial charge in [0, 0.05) is 16.5 Å². The van der Waals surface area contributed by atoms with E-state index in [4.69, 9.17) is 5.73 Å². The van der Waals surface area contributed by atoms with Gasteiger partial charge in [-0.1, -0.05) is 6.07 Å². The van der Waals surface area contributed by atoms with Crippen molar-refractivity contribution in [3.63, 3.8) is 0 Å². The van der Waals surface area contributed by atoms with Crippen LogP contribution in [0.3, 0.4) is 0 Å². The molecule has 0 aliphatic rings. The first-order valence-electron chi connectivity index (χ1n) is 6.34. The van der Waals surface area contributed by atoms with E-state index < -0.39 is 5.91 Å². The highest BCUT2D eigenvalue weighted by Crippen LogP contribution is 2.30. The van der Waals surface area contributed by atoms with Gasteiger partial charge in [-0.05, 0) is 30.3 Å². The van der Waals surface area contributed by atoms with E-state index in [1.54, 1.807) is 23.5 Å². The standard InChI is InChI=1S/C15H10N4OS/c16-15(20)9-2-3-11-10(5-9)14(19-18-11)8-1-4-12-13(6-8)21-7-17-12/h1-7H,(H2,16,20)(H,18,19). The quantitative estimate of drug-likeness (QED) is 0.596. The maximum Gasteiger partial charge on any atom is 0.248 e. The second kappa shape index (κ2) is 4.39. The van der Waals surface area contributed by atoms with Gasteiger partial charge in [0.2, 0.25) is 5.91 Å². The molecule has 102 valence electrons. The third-order valence-corrected chi connectivity index (χ3v) is 4.24. The number of nitrogens with zero attached hydrogens (tertiary/aromatic N) is 2.